The van der Waals surface area contributed by atoms with Gasteiger partial charge in [-0.05, 0) is 50.0 Å². The molecule has 0 amide bonds. The maximum Gasteiger partial charge on any atom is 0.193 e. The number of hydrogen-bond acceptors (Lipinski definition) is 2. The lowest BCUT2D eigenvalue weighted by atomic mass is 9.86. The molecule has 1 unspecified atom stereocenters. The van der Waals surface area contributed by atoms with E-state index >= 15 is 0 Å². The van der Waals surface area contributed by atoms with E-state index < -0.39 is 0 Å². The first-order valence-corrected chi connectivity index (χ1v) is 9.39. The third-order valence-corrected chi connectivity index (χ3v) is 6.07. The van der Waals surface area contributed by atoms with Crippen LogP contribution in [0.2, 0.25) is 0 Å². The third kappa shape index (κ3) is 4.97. The van der Waals surface area contributed by atoms with E-state index in [0.29, 0.717) is 5.41 Å². The summed E-state index contributed by atoms with van der Waals surface area (Å²) in [6.07, 6.45) is 9.89. The van der Waals surface area contributed by atoms with Crippen molar-refractivity contribution in [2.75, 3.05) is 46.3 Å². The van der Waals surface area contributed by atoms with Gasteiger partial charge in [0.15, 0.2) is 5.96 Å². The zero-order valence-electron chi connectivity index (χ0n) is 15.0. The third-order valence-electron chi connectivity index (χ3n) is 6.07. The number of guanidine groups is 1. The van der Waals surface area contributed by atoms with Crippen LogP contribution in [0.15, 0.2) is 4.99 Å². The Bertz CT molecular complexity index is 392. The molecule has 2 saturated heterocycles. The fourth-order valence-electron chi connectivity index (χ4n) is 4.80. The Kier molecular flexibility index (Phi) is 7.45. The minimum Gasteiger partial charge on any atom is -0.355 e. The van der Waals surface area contributed by atoms with E-state index in [0.717, 1.165) is 25.0 Å². The molecule has 1 spiro atoms. The standard InChI is InChI=1S/C18H34N4.HI/c1-16-6-5-11-21(14-16)13-10-20-17(19-2)22-12-9-18(15-22)7-3-4-8-18;/h16H,3-15H2,1-2H3,(H,19,20);1H. The fourth-order valence-corrected chi connectivity index (χ4v) is 4.80. The van der Waals surface area contributed by atoms with Crippen LogP contribution in [0.25, 0.3) is 0 Å². The highest BCUT2D eigenvalue weighted by Crippen LogP contribution is 2.45. The van der Waals surface area contributed by atoms with Gasteiger partial charge in [-0.3, -0.25) is 4.99 Å². The highest BCUT2D eigenvalue weighted by molar-refractivity contribution is 14.0. The fraction of sp³-hybridized carbons (Fsp3) is 0.944. The van der Waals surface area contributed by atoms with Gasteiger partial charge in [-0.2, -0.15) is 0 Å². The van der Waals surface area contributed by atoms with E-state index in [9.17, 15) is 0 Å². The summed E-state index contributed by atoms with van der Waals surface area (Å²) in [5.41, 5.74) is 0.625. The zero-order chi connectivity index (χ0) is 15.4. The van der Waals surface area contributed by atoms with E-state index in [1.807, 2.05) is 7.05 Å². The van der Waals surface area contributed by atoms with Gasteiger partial charge in [0.2, 0.25) is 0 Å². The average Bonchev–Trinajstić information content (AvgIpc) is 3.14. The molecule has 23 heavy (non-hydrogen) atoms. The molecule has 1 N–H and O–H groups in total. The number of likely N-dealkylation sites (tertiary alicyclic amines) is 2. The Balaban J connectivity index is 0.00000192. The molecule has 2 aliphatic heterocycles. The van der Waals surface area contributed by atoms with Crippen LogP contribution in [0.4, 0.5) is 0 Å². The van der Waals surface area contributed by atoms with Crippen LogP contribution < -0.4 is 5.32 Å². The number of nitrogens with one attached hydrogen (secondary N) is 1. The minimum atomic E-state index is 0. The molecule has 1 aliphatic carbocycles. The molecule has 3 fully saturated rings. The van der Waals surface area contributed by atoms with Crippen molar-refractivity contribution in [1.82, 2.24) is 15.1 Å². The summed E-state index contributed by atoms with van der Waals surface area (Å²) in [5.74, 6) is 2.00. The van der Waals surface area contributed by atoms with E-state index in [1.165, 1.54) is 71.1 Å². The van der Waals surface area contributed by atoms with Crippen molar-refractivity contribution in [3.8, 4) is 0 Å². The molecule has 0 aromatic heterocycles. The molecule has 1 saturated carbocycles. The molecule has 1 atom stereocenters. The molecular weight excluding hydrogens is 399 g/mol. The topological polar surface area (TPSA) is 30.9 Å². The molecule has 0 aromatic rings. The van der Waals surface area contributed by atoms with Crippen molar-refractivity contribution in [1.29, 1.82) is 0 Å². The molecule has 134 valence electrons. The van der Waals surface area contributed by atoms with E-state index in [2.05, 4.69) is 27.0 Å². The van der Waals surface area contributed by atoms with Crippen LogP contribution in [0.3, 0.4) is 0 Å². The first-order chi connectivity index (χ1) is 10.7. The zero-order valence-corrected chi connectivity index (χ0v) is 17.3. The van der Waals surface area contributed by atoms with Gasteiger partial charge in [0.1, 0.15) is 0 Å². The number of hydrogen-bond donors (Lipinski definition) is 1. The Hall–Kier alpha value is -0.0400. The quantitative estimate of drug-likeness (QED) is 0.421. The van der Waals surface area contributed by atoms with Crippen LogP contribution >= 0.6 is 24.0 Å². The summed E-state index contributed by atoms with van der Waals surface area (Å²) in [7, 11) is 1.94. The Morgan fingerprint density at radius 1 is 1.17 bits per heavy atom. The summed E-state index contributed by atoms with van der Waals surface area (Å²) >= 11 is 0. The summed E-state index contributed by atoms with van der Waals surface area (Å²) in [5, 5.41) is 3.61. The lowest BCUT2D eigenvalue weighted by Crippen LogP contribution is -2.45. The van der Waals surface area contributed by atoms with Crippen molar-refractivity contribution in [2.45, 2.75) is 51.9 Å². The molecule has 5 heteroatoms. The van der Waals surface area contributed by atoms with Gasteiger partial charge in [-0.1, -0.05) is 19.8 Å². The smallest absolute Gasteiger partial charge is 0.193 e. The lowest BCUT2D eigenvalue weighted by Gasteiger charge is -2.31. The van der Waals surface area contributed by atoms with E-state index in [1.54, 1.807) is 0 Å². The molecule has 3 aliphatic rings. The van der Waals surface area contributed by atoms with E-state index in [-0.39, 0.29) is 24.0 Å². The highest BCUT2D eigenvalue weighted by atomic mass is 127. The Morgan fingerprint density at radius 3 is 2.65 bits per heavy atom. The van der Waals surface area contributed by atoms with Gasteiger partial charge in [0, 0.05) is 39.8 Å². The van der Waals surface area contributed by atoms with Crippen LogP contribution in [-0.2, 0) is 0 Å². The second kappa shape index (κ2) is 8.88. The van der Waals surface area contributed by atoms with E-state index in [4.69, 9.17) is 0 Å². The van der Waals surface area contributed by atoms with Crippen molar-refractivity contribution in [3.63, 3.8) is 0 Å². The summed E-state index contributed by atoms with van der Waals surface area (Å²) in [6.45, 7) is 9.54. The van der Waals surface area contributed by atoms with Gasteiger partial charge < -0.3 is 15.1 Å². The number of nitrogens with zero attached hydrogens (tertiary/aromatic N) is 3. The monoisotopic (exact) mass is 434 g/mol. The molecule has 3 rings (SSSR count). The van der Waals surface area contributed by atoms with Gasteiger partial charge in [0.25, 0.3) is 0 Å². The average molecular weight is 434 g/mol. The number of halogens is 1. The van der Waals surface area contributed by atoms with Crippen molar-refractivity contribution >= 4 is 29.9 Å². The summed E-state index contributed by atoms with van der Waals surface area (Å²) in [6, 6.07) is 0. The first kappa shape index (κ1) is 19.3. The largest absolute Gasteiger partial charge is 0.355 e. The predicted molar refractivity (Wildman–Crippen MR) is 109 cm³/mol. The Morgan fingerprint density at radius 2 is 1.96 bits per heavy atom. The maximum atomic E-state index is 4.54. The van der Waals surface area contributed by atoms with Gasteiger partial charge in [-0.15, -0.1) is 24.0 Å². The number of rotatable bonds is 3. The number of piperidine rings is 1. The molecule has 4 nitrogen and oxygen atoms in total. The lowest BCUT2D eigenvalue weighted by molar-refractivity contribution is 0.186. The second-order valence-electron chi connectivity index (χ2n) is 7.90. The number of aliphatic imine (C=N–C) groups is 1. The van der Waals surface area contributed by atoms with Crippen molar-refractivity contribution in [2.24, 2.45) is 16.3 Å². The Labute approximate surface area is 159 Å². The van der Waals surface area contributed by atoms with Crippen molar-refractivity contribution in [3.05, 3.63) is 0 Å². The molecule has 2 heterocycles. The van der Waals surface area contributed by atoms with Crippen molar-refractivity contribution < 1.29 is 0 Å². The summed E-state index contributed by atoms with van der Waals surface area (Å²) in [4.78, 5) is 9.65. The van der Waals surface area contributed by atoms with Gasteiger partial charge >= 0.3 is 0 Å². The minimum absolute atomic E-state index is 0. The van der Waals surface area contributed by atoms with Gasteiger partial charge in [-0.25, -0.2) is 0 Å². The summed E-state index contributed by atoms with van der Waals surface area (Å²) < 4.78 is 0. The normalized spacial score (nSPS) is 28.2. The SMILES string of the molecule is CN=C(NCCN1CCCC(C)C1)N1CCC2(CCCC2)C1.I. The van der Waals surface area contributed by atoms with Crippen LogP contribution in [-0.4, -0.2) is 62.1 Å². The predicted octanol–water partition coefficient (Wildman–Crippen LogP) is 3.18. The van der Waals surface area contributed by atoms with Crippen LogP contribution in [0, 0.1) is 11.3 Å². The highest BCUT2D eigenvalue weighted by Gasteiger charge is 2.41. The first-order valence-electron chi connectivity index (χ1n) is 9.39. The van der Waals surface area contributed by atoms with Gasteiger partial charge in [0.05, 0.1) is 0 Å². The molecule has 0 aromatic carbocycles. The molecule has 0 bridgehead atoms. The molecule has 0 radical (unpaired) electrons. The molecular formula is C18H35IN4. The maximum absolute atomic E-state index is 4.54. The van der Waals surface area contributed by atoms with Crippen LogP contribution in [0.1, 0.15) is 51.9 Å². The van der Waals surface area contributed by atoms with Crippen LogP contribution in [0.5, 0.6) is 0 Å². The second-order valence-corrected chi connectivity index (χ2v) is 7.90.